The number of aliphatic hydroxyl groups excluding tert-OH is 1. The van der Waals surface area contributed by atoms with Crippen LogP contribution >= 0.6 is 0 Å². The van der Waals surface area contributed by atoms with Crippen LogP contribution in [0, 0.1) is 68.0 Å². The molecule has 6 aliphatic carbocycles. The van der Waals surface area contributed by atoms with E-state index in [4.69, 9.17) is 18.9 Å². The van der Waals surface area contributed by atoms with Crippen LogP contribution in [-0.2, 0) is 33.3 Å². The van der Waals surface area contributed by atoms with Gasteiger partial charge < -0.3 is 24.1 Å². The van der Waals surface area contributed by atoms with Crippen LogP contribution in [-0.4, -0.2) is 66.6 Å². The molecular weight excluding hydrogens is 680 g/mol. The van der Waals surface area contributed by atoms with Crippen molar-refractivity contribution in [2.24, 2.45) is 68.0 Å². The number of Topliss-reactive ketones (excluding diaryl/α,β-unsaturated/α-hetero) is 3. The van der Waals surface area contributed by atoms with Crippen molar-refractivity contribution in [2.75, 3.05) is 26.4 Å². The topological polar surface area (TPSA) is 108 Å². The maximum absolute atomic E-state index is 13.7. The van der Waals surface area contributed by atoms with Crippen LogP contribution in [0.2, 0.25) is 0 Å². The molecule has 0 radical (unpaired) electrons. The van der Waals surface area contributed by atoms with E-state index in [1.165, 1.54) is 0 Å². The molecule has 2 heterocycles. The summed E-state index contributed by atoms with van der Waals surface area (Å²) >= 11 is 0. The molecule has 2 spiro atoms. The fourth-order valence-corrected chi connectivity index (χ4v) is 14.1. The lowest BCUT2D eigenvalue weighted by atomic mass is 9.43. The Balaban J connectivity index is 0.000000200. The molecule has 6 saturated carbocycles. The van der Waals surface area contributed by atoms with Gasteiger partial charge in [-0.2, -0.15) is 0 Å². The van der Waals surface area contributed by atoms with Crippen molar-refractivity contribution in [3.05, 3.63) is 25.3 Å². The summed E-state index contributed by atoms with van der Waals surface area (Å²) in [7, 11) is 0. The number of ketones is 3. The van der Waals surface area contributed by atoms with Gasteiger partial charge in [0, 0.05) is 59.7 Å². The van der Waals surface area contributed by atoms with E-state index < -0.39 is 39.3 Å². The largest absolute Gasteiger partial charge is 0.392 e. The fraction of sp³-hybridized carbons (Fsp3) is 0.848. The maximum Gasteiger partial charge on any atom is 0.172 e. The number of ether oxygens (including phenoxy) is 4. The van der Waals surface area contributed by atoms with Crippen molar-refractivity contribution < 1.29 is 38.4 Å². The molecule has 8 fully saturated rings. The van der Waals surface area contributed by atoms with E-state index in [0.717, 1.165) is 51.4 Å². The van der Waals surface area contributed by atoms with E-state index in [9.17, 15) is 19.5 Å². The summed E-state index contributed by atoms with van der Waals surface area (Å²) in [5, 5.41) is 11.3. The average Bonchev–Trinajstić information content (AvgIpc) is 3.94. The molecule has 4 bridgehead atoms. The summed E-state index contributed by atoms with van der Waals surface area (Å²) in [5.74, 6) is -0.282. The predicted molar refractivity (Wildman–Crippen MR) is 211 cm³/mol. The quantitative estimate of drug-likeness (QED) is 0.279. The monoisotopic (exact) mass is 755 g/mol. The molecule has 8 rings (SSSR count). The molecule has 1 N–H and O–H groups in total. The Hall–Kier alpha value is -1.71. The Morgan fingerprint density at radius 1 is 0.630 bits per heavy atom. The summed E-state index contributed by atoms with van der Waals surface area (Å²) in [6.07, 6.45) is 11.0. The maximum atomic E-state index is 13.7. The van der Waals surface area contributed by atoms with Crippen molar-refractivity contribution in [2.45, 2.75) is 152 Å². The number of rotatable bonds is 2. The Kier molecular flexibility index (Phi) is 11.2. The highest BCUT2D eigenvalue weighted by Gasteiger charge is 2.75. The molecule has 0 aromatic rings. The first-order chi connectivity index (χ1) is 24.3. The molecule has 0 amide bonds. The number of carbonyl (C=O) groups excluding carboxylic acids is 3. The lowest BCUT2D eigenvalue weighted by Crippen LogP contribution is -2.64. The molecule has 54 heavy (non-hydrogen) atoms. The Morgan fingerprint density at radius 2 is 1.06 bits per heavy atom. The molecule has 2 unspecified atom stereocenters. The second-order valence-corrected chi connectivity index (χ2v) is 19.6. The third-order valence-corrected chi connectivity index (χ3v) is 17.9. The van der Waals surface area contributed by atoms with E-state index in [1.54, 1.807) is 12.2 Å². The number of allylic oxidation sites excluding steroid dienone is 1. The normalized spacial score (nSPS) is 49.9. The SMILES string of the molecule is C.C.C=C[C@@]1(C)CC(=O)[C@@]2(C)C3C4(CC[C@]3(CC[C@H]2C)[C@@H](C)C1=O)OCCO4.C=C[C@@]1(C)CC(=O)[C@@]2(C)C3C4(CC[C@]3(CC[C@H]2C)[C@@H](C)[C@@H]1O)OCCO4. The fourth-order valence-electron chi connectivity index (χ4n) is 14.1. The van der Waals surface area contributed by atoms with Crippen molar-refractivity contribution in [3.63, 3.8) is 0 Å². The van der Waals surface area contributed by atoms with E-state index in [2.05, 4.69) is 54.7 Å². The van der Waals surface area contributed by atoms with Gasteiger partial charge in [-0.25, -0.2) is 0 Å². The Bertz CT molecular complexity index is 1510. The zero-order chi connectivity index (χ0) is 37.9. The molecule has 0 aromatic heterocycles. The summed E-state index contributed by atoms with van der Waals surface area (Å²) < 4.78 is 24.9. The van der Waals surface area contributed by atoms with Crippen LogP contribution in [0.25, 0.3) is 0 Å². The lowest BCUT2D eigenvalue weighted by molar-refractivity contribution is -0.254. The van der Waals surface area contributed by atoms with Crippen molar-refractivity contribution in [3.8, 4) is 0 Å². The molecule has 2 aliphatic heterocycles. The number of aliphatic hydroxyl groups is 1. The molecule has 2 saturated heterocycles. The minimum Gasteiger partial charge on any atom is -0.392 e. The van der Waals surface area contributed by atoms with Crippen molar-refractivity contribution >= 4 is 17.3 Å². The second kappa shape index (κ2) is 14.0. The van der Waals surface area contributed by atoms with Gasteiger partial charge in [0.25, 0.3) is 0 Å². The lowest BCUT2D eigenvalue weighted by Gasteiger charge is -2.61. The van der Waals surface area contributed by atoms with Gasteiger partial charge in [-0.3, -0.25) is 14.4 Å². The highest BCUT2D eigenvalue weighted by molar-refractivity contribution is 5.97. The molecule has 13 atom stereocenters. The van der Waals surface area contributed by atoms with E-state index >= 15 is 0 Å². The van der Waals surface area contributed by atoms with Crippen LogP contribution in [0.5, 0.6) is 0 Å². The molecule has 8 heteroatoms. The van der Waals surface area contributed by atoms with Gasteiger partial charge in [0.2, 0.25) is 0 Å². The highest BCUT2D eigenvalue weighted by atomic mass is 16.7. The van der Waals surface area contributed by atoms with Gasteiger partial charge in [-0.1, -0.05) is 75.5 Å². The van der Waals surface area contributed by atoms with Crippen LogP contribution < -0.4 is 0 Å². The van der Waals surface area contributed by atoms with Gasteiger partial charge in [-0.05, 0) is 74.0 Å². The third-order valence-electron chi connectivity index (χ3n) is 17.9. The van der Waals surface area contributed by atoms with Crippen LogP contribution in [0.3, 0.4) is 0 Å². The number of carbonyl (C=O) groups is 3. The van der Waals surface area contributed by atoms with E-state index in [1.807, 2.05) is 13.8 Å². The zero-order valence-corrected chi connectivity index (χ0v) is 33.3. The van der Waals surface area contributed by atoms with Crippen molar-refractivity contribution in [1.82, 2.24) is 0 Å². The Labute approximate surface area is 326 Å². The molecule has 8 aliphatic rings. The summed E-state index contributed by atoms with van der Waals surface area (Å²) in [6, 6.07) is 0. The van der Waals surface area contributed by atoms with Gasteiger partial charge >= 0.3 is 0 Å². The summed E-state index contributed by atoms with van der Waals surface area (Å²) in [4.78, 5) is 41.0. The number of hydrogen-bond acceptors (Lipinski definition) is 8. The molecule has 0 aromatic carbocycles. The van der Waals surface area contributed by atoms with E-state index in [0.29, 0.717) is 32.8 Å². The second-order valence-electron chi connectivity index (χ2n) is 19.6. The van der Waals surface area contributed by atoms with Crippen LogP contribution in [0.15, 0.2) is 25.3 Å². The van der Waals surface area contributed by atoms with Gasteiger partial charge in [0.1, 0.15) is 17.3 Å². The summed E-state index contributed by atoms with van der Waals surface area (Å²) in [5.41, 5.74) is -2.72. The highest BCUT2D eigenvalue weighted by Crippen LogP contribution is 2.73. The zero-order valence-electron chi connectivity index (χ0n) is 33.3. The third kappa shape index (κ3) is 5.41. The average molecular weight is 755 g/mol. The molecular formula is C46H74O8. The first-order valence-electron chi connectivity index (χ1n) is 20.4. The molecule has 8 nitrogen and oxygen atoms in total. The molecule has 306 valence electrons. The van der Waals surface area contributed by atoms with Crippen molar-refractivity contribution in [1.29, 1.82) is 0 Å². The van der Waals surface area contributed by atoms with Gasteiger partial charge in [0.15, 0.2) is 11.6 Å². The first-order valence-corrected chi connectivity index (χ1v) is 20.4. The summed E-state index contributed by atoms with van der Waals surface area (Å²) in [6.45, 7) is 27.1. The van der Waals surface area contributed by atoms with Gasteiger partial charge in [-0.15, -0.1) is 13.2 Å². The van der Waals surface area contributed by atoms with Crippen LogP contribution in [0.1, 0.15) is 134 Å². The van der Waals surface area contributed by atoms with E-state index in [-0.39, 0.29) is 85.0 Å². The Morgan fingerprint density at radius 3 is 1.52 bits per heavy atom. The minimum absolute atomic E-state index is 0. The number of hydrogen-bond donors (Lipinski definition) is 1. The minimum atomic E-state index is -0.778. The smallest absolute Gasteiger partial charge is 0.172 e. The predicted octanol–water partition coefficient (Wildman–Crippen LogP) is 8.93. The first kappa shape index (κ1) is 43.4. The van der Waals surface area contributed by atoms with Gasteiger partial charge in [0.05, 0.1) is 37.9 Å². The standard InChI is InChI=1S/C22H34O4.C22H32O4.2CH4/c2*1-6-19(4)13-16(23)20(5)14(2)7-8-21(15(3)17(19)24)9-10-22(18(20)21)25-11-12-26-22;;/h6,14-15,17-18,24H,1,7-13H2,2-5H3;6,14-15,18H,1,7-13H2,2-5H3;2*1H4/t14-,15+,17+,18?,19+,20+,21-;14-,15+,18?,19+,20+,21-;;/m11../s1. The van der Waals surface area contributed by atoms with Crippen LogP contribution in [0.4, 0.5) is 0 Å².